The van der Waals surface area contributed by atoms with Gasteiger partial charge in [-0.15, -0.1) is 0 Å². The lowest BCUT2D eigenvalue weighted by atomic mass is 9.94. The van der Waals surface area contributed by atoms with E-state index in [1.54, 1.807) is 36.7 Å². The Kier molecular flexibility index (Phi) is 11.9. The van der Waals surface area contributed by atoms with Gasteiger partial charge >= 0.3 is 5.97 Å². The van der Waals surface area contributed by atoms with Crippen molar-refractivity contribution in [1.29, 1.82) is 5.26 Å². The van der Waals surface area contributed by atoms with Gasteiger partial charge in [-0.05, 0) is 97.0 Å². The smallest absolute Gasteiger partial charge is 0.320 e. The van der Waals surface area contributed by atoms with E-state index < -0.39 is 12.0 Å². The van der Waals surface area contributed by atoms with Crippen LogP contribution in [0.2, 0.25) is 5.02 Å². The number of amides is 1. The van der Waals surface area contributed by atoms with E-state index in [0.29, 0.717) is 53.6 Å². The number of halogens is 1. The van der Waals surface area contributed by atoms with Crippen LogP contribution in [-0.2, 0) is 17.9 Å². The summed E-state index contributed by atoms with van der Waals surface area (Å²) in [5, 5.41) is 35.4. The number of piperidine rings is 1. The fraction of sp³-hybridized carbons (Fsp3) is 0.289. The molecule has 0 spiro atoms. The second kappa shape index (κ2) is 16.5. The van der Waals surface area contributed by atoms with Crippen LogP contribution < -0.4 is 10.6 Å². The van der Waals surface area contributed by atoms with E-state index >= 15 is 0 Å². The molecule has 1 saturated heterocycles. The van der Waals surface area contributed by atoms with E-state index in [9.17, 15) is 20.0 Å². The average Bonchev–Trinajstić information content (AvgIpc) is 3.10. The number of nitrogens with one attached hydrogen (secondary N) is 2. The van der Waals surface area contributed by atoms with E-state index in [0.717, 1.165) is 52.8 Å². The maximum Gasteiger partial charge on any atom is 0.320 e. The zero-order valence-electron chi connectivity index (χ0n) is 27.5. The van der Waals surface area contributed by atoms with E-state index in [1.165, 1.54) is 0 Å². The van der Waals surface area contributed by atoms with E-state index in [2.05, 4.69) is 26.7 Å². The highest BCUT2D eigenvalue weighted by Crippen LogP contribution is 2.33. The van der Waals surface area contributed by atoms with E-state index in [-0.39, 0.29) is 18.2 Å². The minimum absolute atomic E-state index is 0.0436. The van der Waals surface area contributed by atoms with Gasteiger partial charge in [0.2, 0.25) is 0 Å². The van der Waals surface area contributed by atoms with Gasteiger partial charge in [-0.2, -0.15) is 5.26 Å². The quantitative estimate of drug-likeness (QED) is 0.128. The van der Waals surface area contributed by atoms with E-state index in [4.69, 9.17) is 16.7 Å². The number of aliphatic hydroxyl groups is 1. The van der Waals surface area contributed by atoms with Crippen molar-refractivity contribution in [1.82, 2.24) is 20.2 Å². The number of aromatic nitrogens is 2. The molecule has 1 atom stereocenters. The monoisotopic (exact) mass is 678 g/mol. The van der Waals surface area contributed by atoms with E-state index in [1.807, 2.05) is 55.2 Å². The molecule has 2 aromatic carbocycles. The Bertz CT molecular complexity index is 1900. The Morgan fingerprint density at radius 3 is 2.67 bits per heavy atom. The van der Waals surface area contributed by atoms with Gasteiger partial charge < -0.3 is 20.8 Å². The molecule has 1 unspecified atom stereocenters. The summed E-state index contributed by atoms with van der Waals surface area (Å²) in [5.74, 6) is -1.15. The number of anilines is 1. The van der Waals surface area contributed by atoms with Crippen molar-refractivity contribution in [3.8, 4) is 17.2 Å². The molecule has 252 valence electrons. The van der Waals surface area contributed by atoms with Crippen molar-refractivity contribution in [2.75, 3.05) is 25.0 Å². The van der Waals surface area contributed by atoms with Crippen molar-refractivity contribution in [2.45, 2.75) is 52.2 Å². The number of hydrogen-bond donors (Lipinski definition) is 4. The molecule has 1 amide bonds. The van der Waals surface area contributed by atoms with Crippen molar-refractivity contribution in [3.63, 3.8) is 0 Å². The summed E-state index contributed by atoms with van der Waals surface area (Å²) < 4.78 is 0. The number of rotatable bonds is 12. The number of likely N-dealkylation sites (tertiary alicyclic amines) is 1. The minimum atomic E-state index is -0.791. The first-order valence-corrected chi connectivity index (χ1v) is 16.6. The number of carbonyl (C=O) groups is 2. The molecule has 49 heavy (non-hydrogen) atoms. The van der Waals surface area contributed by atoms with Crippen LogP contribution >= 0.6 is 11.6 Å². The Labute approximate surface area is 291 Å². The SMILES string of the molecule is Cc1cc(C=Cc2nccc(-c3cccc(NC(=O)c4ccc(CNCCO)cn4)c3C)c2C#N)c(Cl)cc1CN1CCCCC1C(=O)O. The van der Waals surface area contributed by atoms with Crippen molar-refractivity contribution in [2.24, 2.45) is 0 Å². The fourth-order valence-corrected chi connectivity index (χ4v) is 6.31. The first-order chi connectivity index (χ1) is 23.7. The topological polar surface area (TPSA) is 151 Å². The molecule has 0 saturated carbocycles. The second-order valence-electron chi connectivity index (χ2n) is 12.1. The van der Waals surface area contributed by atoms with Crippen LogP contribution in [0, 0.1) is 25.2 Å². The summed E-state index contributed by atoms with van der Waals surface area (Å²) >= 11 is 6.72. The van der Waals surface area contributed by atoms with Crippen molar-refractivity contribution >= 4 is 41.3 Å². The third kappa shape index (κ3) is 8.57. The van der Waals surface area contributed by atoms with Crippen LogP contribution in [0.5, 0.6) is 0 Å². The predicted molar refractivity (Wildman–Crippen MR) is 191 cm³/mol. The molecule has 2 aromatic heterocycles. The molecule has 1 fully saturated rings. The molecule has 0 radical (unpaired) electrons. The molecular weight excluding hydrogens is 640 g/mol. The fourth-order valence-electron chi connectivity index (χ4n) is 6.06. The molecule has 3 heterocycles. The van der Waals surface area contributed by atoms with Gasteiger partial charge in [0.1, 0.15) is 17.8 Å². The molecule has 4 N–H and O–H groups in total. The second-order valence-corrected chi connectivity index (χ2v) is 12.5. The number of nitriles is 1. The van der Waals surface area contributed by atoms with Gasteiger partial charge in [-0.1, -0.05) is 48.4 Å². The largest absolute Gasteiger partial charge is 0.480 e. The molecule has 10 nitrogen and oxygen atoms in total. The molecule has 1 aliphatic heterocycles. The normalized spacial score (nSPS) is 14.9. The summed E-state index contributed by atoms with van der Waals surface area (Å²) in [6, 6.07) is 16.5. The maximum atomic E-state index is 13.1. The molecule has 4 aromatic rings. The number of aryl methyl sites for hydroxylation is 1. The minimum Gasteiger partial charge on any atom is -0.480 e. The highest BCUT2D eigenvalue weighted by atomic mass is 35.5. The summed E-state index contributed by atoms with van der Waals surface area (Å²) in [5.41, 5.74) is 7.59. The maximum absolute atomic E-state index is 13.1. The third-order valence-electron chi connectivity index (χ3n) is 8.79. The number of hydrogen-bond acceptors (Lipinski definition) is 8. The standard InChI is InChI=1S/C38H39ClN6O4/c1-24-18-27(32(39)19-28(24)23-45-16-4-3-8-36(45)38(48)49)10-12-34-31(20-40)30(13-14-42-34)29-6-5-7-33(25(29)2)44-37(47)35-11-9-26(22-43-35)21-41-15-17-46/h5-7,9-14,18-19,22,36,41,46H,3-4,8,15-17,21,23H2,1-2H3,(H,44,47)(H,48,49). The van der Waals surface area contributed by atoms with Crippen molar-refractivity contribution in [3.05, 3.63) is 111 Å². The predicted octanol–water partition coefficient (Wildman–Crippen LogP) is 6.23. The van der Waals surface area contributed by atoms with Gasteiger partial charge in [-0.25, -0.2) is 0 Å². The van der Waals surface area contributed by atoms with Gasteiger partial charge in [0.05, 0.1) is 17.9 Å². The molecule has 0 aliphatic carbocycles. The molecular formula is C38H39ClN6O4. The Morgan fingerprint density at radius 2 is 1.94 bits per heavy atom. The zero-order valence-corrected chi connectivity index (χ0v) is 28.3. The van der Waals surface area contributed by atoms with Gasteiger partial charge in [0, 0.05) is 48.3 Å². The molecule has 0 bridgehead atoms. The number of pyridine rings is 2. The van der Waals surface area contributed by atoms with Crippen LogP contribution in [0.3, 0.4) is 0 Å². The van der Waals surface area contributed by atoms with Crippen LogP contribution in [0.25, 0.3) is 23.3 Å². The lowest BCUT2D eigenvalue weighted by Crippen LogP contribution is -2.44. The lowest BCUT2D eigenvalue weighted by molar-refractivity contribution is -0.144. The number of carboxylic acid groups (broad SMARTS) is 1. The summed E-state index contributed by atoms with van der Waals surface area (Å²) in [6.45, 7) is 6.18. The summed E-state index contributed by atoms with van der Waals surface area (Å²) in [7, 11) is 0. The first-order valence-electron chi connectivity index (χ1n) is 16.2. The first kappa shape index (κ1) is 35.4. The number of benzene rings is 2. The highest BCUT2D eigenvalue weighted by molar-refractivity contribution is 6.32. The van der Waals surface area contributed by atoms with Crippen LogP contribution in [0.4, 0.5) is 5.69 Å². The third-order valence-corrected chi connectivity index (χ3v) is 9.11. The summed E-state index contributed by atoms with van der Waals surface area (Å²) in [6.07, 6.45) is 9.41. The zero-order chi connectivity index (χ0) is 34.9. The molecule has 5 rings (SSSR count). The number of nitrogens with zero attached hydrogens (tertiary/aromatic N) is 4. The van der Waals surface area contributed by atoms with Gasteiger partial charge in [0.15, 0.2) is 0 Å². The van der Waals surface area contributed by atoms with Crippen LogP contribution in [-0.4, -0.2) is 62.7 Å². The summed E-state index contributed by atoms with van der Waals surface area (Å²) in [4.78, 5) is 35.6. The Hall–Kier alpha value is -4.92. The number of aliphatic carboxylic acids is 1. The molecule has 11 heteroatoms. The number of carboxylic acids is 1. The Balaban J connectivity index is 1.35. The number of carbonyl (C=O) groups excluding carboxylic acids is 1. The van der Waals surface area contributed by atoms with Crippen molar-refractivity contribution < 1.29 is 19.8 Å². The Morgan fingerprint density at radius 1 is 1.10 bits per heavy atom. The highest BCUT2D eigenvalue weighted by Gasteiger charge is 2.28. The van der Waals surface area contributed by atoms with Gasteiger partial charge in [0.25, 0.3) is 5.91 Å². The number of aliphatic hydroxyl groups excluding tert-OH is 1. The van der Waals surface area contributed by atoms with Gasteiger partial charge in [-0.3, -0.25) is 24.5 Å². The lowest BCUT2D eigenvalue weighted by Gasteiger charge is -2.33. The average molecular weight is 679 g/mol. The van der Waals surface area contributed by atoms with Crippen LogP contribution in [0.1, 0.15) is 68.8 Å². The van der Waals surface area contributed by atoms with Crippen LogP contribution in [0.15, 0.2) is 60.9 Å². The molecule has 1 aliphatic rings.